The fraction of sp³-hybridized carbons (Fsp3) is 0.450. The highest BCUT2D eigenvalue weighted by molar-refractivity contribution is 7.98. The average molecular weight is 387 g/mol. The number of aromatic nitrogens is 2. The third-order valence-corrected chi connectivity index (χ3v) is 5.96. The van der Waals surface area contributed by atoms with E-state index in [2.05, 4.69) is 10.4 Å². The molecule has 2 amide bonds. The molecule has 144 valence electrons. The summed E-state index contributed by atoms with van der Waals surface area (Å²) in [5.74, 6) is -0.342. The van der Waals surface area contributed by atoms with E-state index in [1.165, 1.54) is 5.56 Å². The van der Waals surface area contributed by atoms with Gasteiger partial charge in [0, 0.05) is 42.8 Å². The second kappa shape index (κ2) is 8.17. The van der Waals surface area contributed by atoms with Gasteiger partial charge in [-0.05, 0) is 56.4 Å². The monoisotopic (exact) mass is 386 g/mol. The molecule has 2 aromatic rings. The van der Waals surface area contributed by atoms with Gasteiger partial charge in [-0.25, -0.2) is 0 Å². The van der Waals surface area contributed by atoms with E-state index in [9.17, 15) is 9.59 Å². The fourth-order valence-corrected chi connectivity index (χ4v) is 3.94. The van der Waals surface area contributed by atoms with Gasteiger partial charge in [-0.2, -0.15) is 5.10 Å². The lowest BCUT2D eigenvalue weighted by Gasteiger charge is -2.17. The van der Waals surface area contributed by atoms with Crippen LogP contribution in [-0.4, -0.2) is 40.9 Å². The minimum atomic E-state index is -0.297. The van der Waals surface area contributed by atoms with Crippen molar-refractivity contribution in [2.45, 2.75) is 31.6 Å². The number of thioether (sulfide) groups is 1. The number of hydrogen-bond acceptors (Lipinski definition) is 4. The van der Waals surface area contributed by atoms with E-state index in [0.717, 1.165) is 28.4 Å². The number of amides is 2. The highest BCUT2D eigenvalue weighted by atomic mass is 32.2. The van der Waals surface area contributed by atoms with Crippen molar-refractivity contribution < 1.29 is 9.59 Å². The average Bonchev–Trinajstić information content (AvgIpc) is 3.16. The van der Waals surface area contributed by atoms with Crippen LogP contribution in [0.3, 0.4) is 0 Å². The lowest BCUT2D eigenvalue weighted by Crippen LogP contribution is -2.34. The highest BCUT2D eigenvalue weighted by Crippen LogP contribution is 2.27. The Hall–Kier alpha value is -2.28. The van der Waals surface area contributed by atoms with Gasteiger partial charge in [0.1, 0.15) is 0 Å². The minimum absolute atomic E-state index is 0.00556. The van der Waals surface area contributed by atoms with Crippen LogP contribution in [0.5, 0.6) is 0 Å². The third-order valence-electron chi connectivity index (χ3n) is 5.21. The first-order valence-corrected chi connectivity index (χ1v) is 10.3. The minimum Gasteiger partial charge on any atom is -0.355 e. The van der Waals surface area contributed by atoms with Crippen LogP contribution in [0.1, 0.15) is 23.4 Å². The predicted octanol–water partition coefficient (Wildman–Crippen LogP) is 2.47. The lowest BCUT2D eigenvalue weighted by atomic mass is 10.1. The fourth-order valence-electron chi connectivity index (χ4n) is 3.53. The summed E-state index contributed by atoms with van der Waals surface area (Å²) in [6, 6.07) is 7.88. The number of nitrogens with one attached hydrogen (secondary N) is 1. The summed E-state index contributed by atoms with van der Waals surface area (Å²) in [6.07, 6.45) is 3.03. The van der Waals surface area contributed by atoms with Crippen LogP contribution in [0.2, 0.25) is 0 Å². The van der Waals surface area contributed by atoms with Crippen LogP contribution in [0, 0.1) is 19.8 Å². The Kier molecular flexibility index (Phi) is 5.89. The van der Waals surface area contributed by atoms with Crippen molar-refractivity contribution in [2.24, 2.45) is 13.0 Å². The molecule has 0 bridgehead atoms. The summed E-state index contributed by atoms with van der Waals surface area (Å²) >= 11 is 1.66. The molecule has 1 saturated heterocycles. The molecule has 7 heteroatoms. The second-order valence-electron chi connectivity index (χ2n) is 6.92. The number of aryl methyl sites for hydroxylation is 2. The number of carbonyl (C=O) groups is 2. The van der Waals surface area contributed by atoms with Crippen LogP contribution in [0.4, 0.5) is 5.69 Å². The molecule has 1 aliphatic rings. The van der Waals surface area contributed by atoms with Crippen LogP contribution in [0.25, 0.3) is 0 Å². The molecule has 1 atom stereocenters. The van der Waals surface area contributed by atoms with E-state index < -0.39 is 0 Å². The van der Waals surface area contributed by atoms with Crippen molar-refractivity contribution in [1.82, 2.24) is 15.1 Å². The molecular weight excluding hydrogens is 360 g/mol. The lowest BCUT2D eigenvalue weighted by molar-refractivity contribution is -0.126. The van der Waals surface area contributed by atoms with Gasteiger partial charge in [-0.15, -0.1) is 11.8 Å². The van der Waals surface area contributed by atoms with E-state index in [4.69, 9.17) is 0 Å². The zero-order chi connectivity index (χ0) is 19.6. The van der Waals surface area contributed by atoms with Gasteiger partial charge in [-0.1, -0.05) is 0 Å². The third kappa shape index (κ3) is 4.18. The predicted molar refractivity (Wildman–Crippen MR) is 108 cm³/mol. The van der Waals surface area contributed by atoms with Crippen molar-refractivity contribution >= 4 is 29.3 Å². The highest BCUT2D eigenvalue weighted by Gasteiger charge is 2.34. The Morgan fingerprint density at radius 3 is 2.59 bits per heavy atom. The molecule has 2 heterocycles. The number of carbonyl (C=O) groups excluding carboxylic acids is 2. The number of nitrogens with zero attached hydrogens (tertiary/aromatic N) is 3. The summed E-state index contributed by atoms with van der Waals surface area (Å²) in [7, 11) is 1.93. The Morgan fingerprint density at radius 1 is 1.30 bits per heavy atom. The van der Waals surface area contributed by atoms with Crippen molar-refractivity contribution in [2.75, 3.05) is 24.2 Å². The second-order valence-corrected chi connectivity index (χ2v) is 7.80. The van der Waals surface area contributed by atoms with Crippen LogP contribution < -0.4 is 10.2 Å². The topological polar surface area (TPSA) is 67.2 Å². The van der Waals surface area contributed by atoms with Crippen LogP contribution >= 0.6 is 11.8 Å². The first-order valence-electron chi connectivity index (χ1n) is 9.12. The van der Waals surface area contributed by atoms with Gasteiger partial charge < -0.3 is 10.2 Å². The smallest absolute Gasteiger partial charge is 0.227 e. The normalized spacial score (nSPS) is 16.8. The number of anilines is 1. The zero-order valence-electron chi connectivity index (χ0n) is 16.3. The van der Waals surface area contributed by atoms with Crippen molar-refractivity contribution in [3.63, 3.8) is 0 Å². The molecule has 1 N–H and O–H groups in total. The summed E-state index contributed by atoms with van der Waals surface area (Å²) in [5, 5.41) is 7.39. The molecule has 6 nitrogen and oxygen atoms in total. The first kappa shape index (κ1) is 19.5. The maximum absolute atomic E-state index is 12.5. The van der Waals surface area contributed by atoms with Gasteiger partial charge in [0.05, 0.1) is 11.6 Å². The van der Waals surface area contributed by atoms with E-state index >= 15 is 0 Å². The zero-order valence-corrected chi connectivity index (χ0v) is 17.1. The molecule has 3 rings (SSSR count). The molecule has 1 fully saturated rings. The molecule has 0 aliphatic carbocycles. The Bertz CT molecular complexity index is 844. The molecular formula is C20H26N4O2S. The first-order chi connectivity index (χ1) is 12.9. The molecule has 0 saturated carbocycles. The number of benzene rings is 1. The number of hydrogen-bond donors (Lipinski definition) is 1. The Balaban J connectivity index is 1.55. The molecule has 1 aromatic heterocycles. The van der Waals surface area contributed by atoms with E-state index in [1.807, 2.05) is 56.1 Å². The van der Waals surface area contributed by atoms with Crippen molar-refractivity contribution in [3.8, 4) is 0 Å². The van der Waals surface area contributed by atoms with E-state index in [1.54, 1.807) is 16.7 Å². The summed E-state index contributed by atoms with van der Waals surface area (Å²) in [5.41, 5.74) is 4.16. The largest absolute Gasteiger partial charge is 0.355 e. The van der Waals surface area contributed by atoms with E-state index in [-0.39, 0.29) is 24.2 Å². The van der Waals surface area contributed by atoms with E-state index in [0.29, 0.717) is 13.1 Å². The molecule has 27 heavy (non-hydrogen) atoms. The molecule has 1 aromatic carbocycles. The van der Waals surface area contributed by atoms with Gasteiger partial charge >= 0.3 is 0 Å². The van der Waals surface area contributed by atoms with Crippen molar-refractivity contribution in [3.05, 3.63) is 41.2 Å². The standard InChI is InChI=1S/C20H26N4O2S/c1-13-18(14(2)23(3)22-13)9-10-21-20(26)15-11-19(25)24(12-15)16-5-7-17(27-4)8-6-16/h5-8,15H,9-12H2,1-4H3,(H,21,26). The SMILES string of the molecule is CSc1ccc(N2CC(C(=O)NCCc3c(C)nn(C)c3C)CC2=O)cc1. The molecule has 1 unspecified atom stereocenters. The van der Waals surface area contributed by atoms with Gasteiger partial charge in [0.25, 0.3) is 0 Å². The van der Waals surface area contributed by atoms with Crippen LogP contribution in [0.15, 0.2) is 29.2 Å². The summed E-state index contributed by atoms with van der Waals surface area (Å²) in [6.45, 7) is 5.01. The maximum atomic E-state index is 12.5. The molecule has 0 spiro atoms. The van der Waals surface area contributed by atoms with Gasteiger partial charge in [-0.3, -0.25) is 14.3 Å². The van der Waals surface area contributed by atoms with Crippen LogP contribution in [-0.2, 0) is 23.1 Å². The van der Waals surface area contributed by atoms with Gasteiger partial charge in [0.15, 0.2) is 0 Å². The Morgan fingerprint density at radius 2 is 2.00 bits per heavy atom. The van der Waals surface area contributed by atoms with Gasteiger partial charge in [0.2, 0.25) is 11.8 Å². The number of rotatable bonds is 6. The van der Waals surface area contributed by atoms with Crippen molar-refractivity contribution in [1.29, 1.82) is 0 Å². The summed E-state index contributed by atoms with van der Waals surface area (Å²) in [4.78, 5) is 27.7. The summed E-state index contributed by atoms with van der Waals surface area (Å²) < 4.78 is 1.86. The quantitative estimate of drug-likeness (QED) is 0.775. The maximum Gasteiger partial charge on any atom is 0.227 e. The molecule has 0 radical (unpaired) electrons. The molecule has 1 aliphatic heterocycles. The Labute approximate surface area is 164 Å².